The zero-order valence-electron chi connectivity index (χ0n) is 15.9. The van der Waals surface area contributed by atoms with Crippen LogP contribution in [-0.2, 0) is 16.4 Å². The maximum Gasteiger partial charge on any atom is 0.240 e. The summed E-state index contributed by atoms with van der Waals surface area (Å²) < 4.78 is 42.8. The molecule has 0 amide bonds. The zero-order chi connectivity index (χ0) is 20.6. The molecule has 0 atom stereocenters. The first-order valence-electron chi connectivity index (χ1n) is 8.99. The summed E-state index contributed by atoms with van der Waals surface area (Å²) in [7, 11) is -3.59. The highest BCUT2D eigenvalue weighted by Crippen LogP contribution is 2.22. The molecule has 0 saturated heterocycles. The van der Waals surface area contributed by atoms with Crippen molar-refractivity contribution in [3.8, 4) is 11.4 Å². The summed E-state index contributed by atoms with van der Waals surface area (Å²) in [4.78, 5) is 5.47. The average Bonchev–Trinajstić information content (AvgIpc) is 3.26. The predicted molar refractivity (Wildman–Crippen MR) is 111 cm³/mol. The van der Waals surface area contributed by atoms with Gasteiger partial charge in [0.05, 0.1) is 10.6 Å². The normalized spacial score (nSPS) is 12.0. The second-order valence-electron chi connectivity index (χ2n) is 6.78. The number of benzene rings is 2. The highest BCUT2D eigenvalue weighted by atomic mass is 32.2. The molecule has 0 unspecified atom stereocenters. The lowest BCUT2D eigenvalue weighted by molar-refractivity contribution is 0.580. The lowest BCUT2D eigenvalue weighted by Crippen LogP contribution is -2.27. The predicted octanol–water partition coefficient (Wildman–Crippen LogP) is 3.73. The Hall–Kier alpha value is -2.62. The van der Waals surface area contributed by atoms with Crippen LogP contribution in [-0.4, -0.2) is 29.6 Å². The molecular formula is C20H19FN4O2S2. The Morgan fingerprint density at radius 1 is 1.14 bits per heavy atom. The highest BCUT2D eigenvalue weighted by Gasteiger charge is 2.17. The first kappa shape index (κ1) is 19.7. The second-order valence-corrected chi connectivity index (χ2v) is 9.35. The van der Waals surface area contributed by atoms with Gasteiger partial charge in [0.15, 0.2) is 5.82 Å². The first-order chi connectivity index (χ1) is 13.8. The summed E-state index contributed by atoms with van der Waals surface area (Å²) in [6.07, 6.45) is 0.469. The van der Waals surface area contributed by atoms with Gasteiger partial charge in [-0.15, -0.1) is 16.4 Å². The minimum Gasteiger partial charge on any atom is -0.211 e. The minimum absolute atomic E-state index is 0.243. The van der Waals surface area contributed by atoms with Gasteiger partial charge in [0, 0.05) is 23.9 Å². The van der Waals surface area contributed by atoms with E-state index in [4.69, 9.17) is 0 Å². The SMILES string of the molecule is Cc1ccc(C)c(S(=O)(=O)NCCc2csc3nc(-c4ccc(F)cc4)nn23)c1. The van der Waals surface area contributed by atoms with E-state index >= 15 is 0 Å². The summed E-state index contributed by atoms with van der Waals surface area (Å²) in [6, 6.07) is 11.4. The Bertz CT molecular complexity index is 1280. The number of halogens is 1. The van der Waals surface area contributed by atoms with Crippen molar-refractivity contribution in [1.29, 1.82) is 0 Å². The molecule has 2 aromatic heterocycles. The van der Waals surface area contributed by atoms with Crippen LogP contribution in [0.5, 0.6) is 0 Å². The quantitative estimate of drug-likeness (QED) is 0.506. The van der Waals surface area contributed by atoms with Gasteiger partial charge in [-0.05, 0) is 55.3 Å². The van der Waals surface area contributed by atoms with Crippen LogP contribution in [0.3, 0.4) is 0 Å². The highest BCUT2D eigenvalue weighted by molar-refractivity contribution is 7.89. The van der Waals surface area contributed by atoms with Crippen molar-refractivity contribution in [2.45, 2.75) is 25.2 Å². The lowest BCUT2D eigenvalue weighted by Gasteiger charge is -2.10. The van der Waals surface area contributed by atoms with Crippen LogP contribution < -0.4 is 4.72 Å². The first-order valence-corrected chi connectivity index (χ1v) is 11.4. The van der Waals surface area contributed by atoms with Crippen molar-refractivity contribution in [3.63, 3.8) is 0 Å². The van der Waals surface area contributed by atoms with Crippen LogP contribution in [0.1, 0.15) is 16.8 Å². The van der Waals surface area contributed by atoms with Crippen LogP contribution in [0.15, 0.2) is 52.7 Å². The van der Waals surface area contributed by atoms with Crippen LogP contribution in [0.2, 0.25) is 0 Å². The van der Waals surface area contributed by atoms with Gasteiger partial charge in [-0.25, -0.2) is 22.0 Å². The van der Waals surface area contributed by atoms with E-state index in [9.17, 15) is 12.8 Å². The van der Waals surface area contributed by atoms with Gasteiger partial charge >= 0.3 is 0 Å². The Morgan fingerprint density at radius 3 is 2.66 bits per heavy atom. The van der Waals surface area contributed by atoms with E-state index in [0.717, 1.165) is 16.8 Å². The molecule has 0 spiro atoms. The summed E-state index contributed by atoms with van der Waals surface area (Å²) in [5, 5.41) is 6.40. The number of fused-ring (bicyclic) bond motifs is 1. The molecule has 0 radical (unpaired) electrons. The smallest absolute Gasteiger partial charge is 0.211 e. The van der Waals surface area contributed by atoms with E-state index in [1.54, 1.807) is 35.7 Å². The van der Waals surface area contributed by atoms with Gasteiger partial charge in [-0.1, -0.05) is 12.1 Å². The van der Waals surface area contributed by atoms with Crippen molar-refractivity contribution in [1.82, 2.24) is 19.3 Å². The largest absolute Gasteiger partial charge is 0.240 e. The third kappa shape index (κ3) is 4.07. The molecule has 1 N–H and O–H groups in total. The Morgan fingerprint density at radius 2 is 1.90 bits per heavy atom. The molecule has 0 aliphatic heterocycles. The van der Waals surface area contributed by atoms with E-state index in [2.05, 4.69) is 14.8 Å². The van der Waals surface area contributed by atoms with Crippen LogP contribution in [0.4, 0.5) is 4.39 Å². The average molecular weight is 431 g/mol. The molecular weight excluding hydrogens is 411 g/mol. The summed E-state index contributed by atoms with van der Waals surface area (Å²) in [6.45, 7) is 3.89. The Balaban J connectivity index is 1.50. The number of nitrogens with zero attached hydrogens (tertiary/aromatic N) is 3. The molecule has 2 heterocycles. The van der Waals surface area contributed by atoms with E-state index in [-0.39, 0.29) is 12.4 Å². The number of rotatable bonds is 6. The molecule has 0 fully saturated rings. The Labute approximate surface area is 172 Å². The number of aryl methyl sites for hydroxylation is 2. The Kier molecular flexibility index (Phi) is 5.20. The topological polar surface area (TPSA) is 76.4 Å². The van der Waals surface area contributed by atoms with Crippen molar-refractivity contribution >= 4 is 26.3 Å². The molecule has 2 aromatic carbocycles. The second kappa shape index (κ2) is 7.66. The summed E-state index contributed by atoms with van der Waals surface area (Å²) in [5.41, 5.74) is 3.19. The number of aromatic nitrogens is 3. The number of hydrogen-bond donors (Lipinski definition) is 1. The van der Waals surface area contributed by atoms with E-state index in [1.807, 2.05) is 18.4 Å². The molecule has 0 saturated carbocycles. The van der Waals surface area contributed by atoms with E-state index in [0.29, 0.717) is 27.7 Å². The van der Waals surface area contributed by atoms with Gasteiger partial charge in [-0.3, -0.25) is 0 Å². The molecule has 4 rings (SSSR count). The van der Waals surface area contributed by atoms with Crippen molar-refractivity contribution in [2.24, 2.45) is 0 Å². The minimum atomic E-state index is -3.59. The van der Waals surface area contributed by atoms with Gasteiger partial charge in [0.1, 0.15) is 5.82 Å². The zero-order valence-corrected chi connectivity index (χ0v) is 17.5. The fourth-order valence-electron chi connectivity index (χ4n) is 3.01. The number of thiazole rings is 1. The van der Waals surface area contributed by atoms with Gasteiger partial charge < -0.3 is 0 Å². The summed E-state index contributed by atoms with van der Waals surface area (Å²) in [5.74, 6) is 0.195. The number of hydrogen-bond acceptors (Lipinski definition) is 5. The standard InChI is InChI=1S/C20H19FN4O2S2/c1-13-3-4-14(2)18(11-13)29(26,27)22-10-9-17-12-28-20-23-19(24-25(17)20)15-5-7-16(21)8-6-15/h3-8,11-12,22H,9-10H2,1-2H3. The third-order valence-electron chi connectivity index (χ3n) is 4.56. The molecule has 6 nitrogen and oxygen atoms in total. The lowest BCUT2D eigenvalue weighted by atomic mass is 10.2. The number of nitrogens with one attached hydrogen (secondary N) is 1. The maximum atomic E-state index is 13.1. The van der Waals surface area contributed by atoms with Crippen molar-refractivity contribution in [3.05, 3.63) is 70.5 Å². The maximum absolute atomic E-state index is 13.1. The van der Waals surface area contributed by atoms with Gasteiger partial charge in [-0.2, -0.15) is 4.98 Å². The number of sulfonamides is 1. The molecule has 0 aliphatic carbocycles. The third-order valence-corrected chi connectivity index (χ3v) is 7.03. The van der Waals surface area contributed by atoms with Gasteiger partial charge in [0.25, 0.3) is 0 Å². The van der Waals surface area contributed by atoms with E-state index < -0.39 is 10.0 Å². The van der Waals surface area contributed by atoms with E-state index in [1.165, 1.54) is 23.5 Å². The van der Waals surface area contributed by atoms with Crippen LogP contribution >= 0.6 is 11.3 Å². The van der Waals surface area contributed by atoms with Gasteiger partial charge in [0.2, 0.25) is 15.0 Å². The fourth-order valence-corrected chi connectivity index (χ4v) is 5.22. The van der Waals surface area contributed by atoms with Crippen molar-refractivity contribution in [2.75, 3.05) is 6.54 Å². The monoisotopic (exact) mass is 430 g/mol. The molecule has 4 aromatic rings. The van der Waals surface area contributed by atoms with Crippen LogP contribution in [0.25, 0.3) is 16.3 Å². The molecule has 9 heteroatoms. The molecule has 0 bridgehead atoms. The molecule has 150 valence electrons. The molecule has 0 aliphatic rings. The molecule has 29 heavy (non-hydrogen) atoms. The summed E-state index contributed by atoms with van der Waals surface area (Å²) >= 11 is 1.43. The van der Waals surface area contributed by atoms with Crippen molar-refractivity contribution < 1.29 is 12.8 Å². The van der Waals surface area contributed by atoms with Crippen LogP contribution in [0, 0.1) is 19.7 Å². The fraction of sp³-hybridized carbons (Fsp3) is 0.200.